The van der Waals surface area contributed by atoms with Gasteiger partial charge in [0, 0.05) is 11.6 Å². The third-order valence-electron chi connectivity index (χ3n) is 4.19. The summed E-state index contributed by atoms with van der Waals surface area (Å²) in [7, 11) is -3.95. The molecule has 0 saturated heterocycles. The first-order valence-corrected chi connectivity index (χ1v) is 10.4. The molecule has 0 bridgehead atoms. The number of rotatable bonds is 5. The highest BCUT2D eigenvalue weighted by Gasteiger charge is 2.41. The number of carbonyl (C=O) groups excluding carboxylic acids is 1. The van der Waals surface area contributed by atoms with E-state index in [4.69, 9.17) is 27.9 Å². The van der Waals surface area contributed by atoms with Crippen LogP contribution in [0.4, 0.5) is 0 Å². The minimum atomic E-state index is -3.95. The van der Waals surface area contributed by atoms with Gasteiger partial charge < -0.3 is 4.74 Å². The van der Waals surface area contributed by atoms with Gasteiger partial charge in [-0.2, -0.15) is 4.31 Å². The summed E-state index contributed by atoms with van der Waals surface area (Å²) in [5, 5.41) is 0.635. The van der Waals surface area contributed by atoms with Crippen LogP contribution in [0.2, 0.25) is 10.0 Å². The Labute approximate surface area is 168 Å². The lowest BCUT2D eigenvalue weighted by Gasteiger charge is -2.27. The largest absolute Gasteiger partial charge is 0.463 e. The lowest BCUT2D eigenvalue weighted by atomic mass is 10.0. The fraction of sp³-hybridized carbons (Fsp3) is 0.211. The van der Waals surface area contributed by atoms with E-state index in [2.05, 4.69) is 0 Å². The highest BCUT2D eigenvalue weighted by Crippen LogP contribution is 2.39. The van der Waals surface area contributed by atoms with Gasteiger partial charge >= 0.3 is 5.97 Å². The standard InChI is InChI=1S/C19H17Cl2NO4S/c1-2-26-19(23)15-11-12-22(18(15)13-7-9-14(20)10-8-13)27(24,25)17-6-4-3-5-16(17)21/h3-11,18H,2,12H2,1H3. The third kappa shape index (κ3) is 3.89. The van der Waals surface area contributed by atoms with E-state index in [9.17, 15) is 13.2 Å². The summed E-state index contributed by atoms with van der Waals surface area (Å²) in [6.07, 6.45) is 1.58. The molecule has 0 fully saturated rings. The fourth-order valence-corrected chi connectivity index (χ4v) is 5.13. The minimum absolute atomic E-state index is 0.0101. The Morgan fingerprint density at radius 2 is 1.81 bits per heavy atom. The quantitative estimate of drug-likeness (QED) is 0.672. The molecule has 2 aromatic rings. The van der Waals surface area contributed by atoms with Gasteiger partial charge in [0.25, 0.3) is 0 Å². The Bertz CT molecular complexity index is 987. The van der Waals surface area contributed by atoms with Crippen molar-refractivity contribution in [2.24, 2.45) is 0 Å². The Kier molecular flexibility index (Phi) is 5.91. The number of hydrogen-bond donors (Lipinski definition) is 0. The molecule has 3 rings (SSSR count). The van der Waals surface area contributed by atoms with Crippen LogP contribution >= 0.6 is 23.2 Å². The van der Waals surface area contributed by atoms with Gasteiger partial charge in [0.05, 0.1) is 23.2 Å². The highest BCUT2D eigenvalue weighted by atomic mass is 35.5. The summed E-state index contributed by atoms with van der Waals surface area (Å²) in [6.45, 7) is 1.93. The van der Waals surface area contributed by atoms with E-state index >= 15 is 0 Å². The number of halogens is 2. The smallest absolute Gasteiger partial charge is 0.335 e. The maximum Gasteiger partial charge on any atom is 0.335 e. The number of nitrogens with zero attached hydrogens (tertiary/aromatic N) is 1. The number of esters is 1. The van der Waals surface area contributed by atoms with E-state index in [0.717, 1.165) is 0 Å². The van der Waals surface area contributed by atoms with E-state index in [-0.39, 0.29) is 28.6 Å². The van der Waals surface area contributed by atoms with Gasteiger partial charge in [-0.3, -0.25) is 0 Å². The van der Waals surface area contributed by atoms with Crippen molar-refractivity contribution in [3.8, 4) is 0 Å². The summed E-state index contributed by atoms with van der Waals surface area (Å²) in [4.78, 5) is 12.4. The van der Waals surface area contributed by atoms with Gasteiger partial charge in [-0.15, -0.1) is 0 Å². The van der Waals surface area contributed by atoms with Crippen LogP contribution in [0.3, 0.4) is 0 Å². The van der Waals surface area contributed by atoms with Crippen molar-refractivity contribution < 1.29 is 17.9 Å². The number of hydrogen-bond acceptors (Lipinski definition) is 4. The maximum absolute atomic E-state index is 13.3. The predicted octanol–water partition coefficient (Wildman–Crippen LogP) is 4.23. The summed E-state index contributed by atoms with van der Waals surface area (Å²) in [5.41, 5.74) is 0.890. The first kappa shape index (κ1) is 19.9. The molecule has 1 heterocycles. The van der Waals surface area contributed by atoms with Crippen LogP contribution in [0.25, 0.3) is 0 Å². The van der Waals surface area contributed by atoms with Crippen LogP contribution in [0.1, 0.15) is 18.5 Å². The fourth-order valence-electron chi connectivity index (χ4n) is 2.98. The van der Waals surface area contributed by atoms with E-state index in [1.54, 1.807) is 49.4 Å². The van der Waals surface area contributed by atoms with Gasteiger partial charge in [0.15, 0.2) is 0 Å². The van der Waals surface area contributed by atoms with Gasteiger partial charge in [-0.05, 0) is 36.8 Å². The molecule has 5 nitrogen and oxygen atoms in total. The first-order valence-electron chi connectivity index (χ1n) is 8.25. The van der Waals surface area contributed by atoms with Crippen molar-refractivity contribution in [3.63, 3.8) is 0 Å². The molecule has 8 heteroatoms. The van der Waals surface area contributed by atoms with Crippen LogP contribution in [0.5, 0.6) is 0 Å². The Morgan fingerprint density at radius 1 is 1.15 bits per heavy atom. The van der Waals surface area contributed by atoms with Crippen LogP contribution in [0.15, 0.2) is 65.1 Å². The first-order chi connectivity index (χ1) is 12.9. The third-order valence-corrected chi connectivity index (χ3v) is 6.78. The second-order valence-corrected chi connectivity index (χ2v) is 8.54. The number of sulfonamides is 1. The van der Waals surface area contributed by atoms with Gasteiger partial charge in [-0.1, -0.05) is 53.5 Å². The monoisotopic (exact) mass is 425 g/mol. The van der Waals surface area contributed by atoms with E-state index in [1.165, 1.54) is 16.4 Å². The molecule has 0 aromatic heterocycles. The molecule has 0 radical (unpaired) electrons. The average molecular weight is 426 g/mol. The molecule has 27 heavy (non-hydrogen) atoms. The van der Waals surface area contributed by atoms with Crippen molar-refractivity contribution in [1.82, 2.24) is 4.31 Å². The second-order valence-electron chi connectivity index (χ2n) is 5.84. The lowest BCUT2D eigenvalue weighted by molar-refractivity contribution is -0.138. The van der Waals surface area contributed by atoms with Gasteiger partial charge in [0.2, 0.25) is 10.0 Å². The number of ether oxygens (including phenoxy) is 1. The topological polar surface area (TPSA) is 63.7 Å². The summed E-state index contributed by atoms with van der Waals surface area (Å²) in [6, 6.07) is 12.1. The summed E-state index contributed by atoms with van der Waals surface area (Å²) in [5.74, 6) is -0.547. The molecule has 0 saturated carbocycles. The molecule has 0 aliphatic carbocycles. The molecular weight excluding hydrogens is 409 g/mol. The minimum Gasteiger partial charge on any atom is -0.463 e. The molecule has 1 aliphatic heterocycles. The highest BCUT2D eigenvalue weighted by molar-refractivity contribution is 7.89. The summed E-state index contributed by atoms with van der Waals surface area (Å²) < 4.78 is 32.9. The number of carbonyl (C=O) groups is 1. The Balaban J connectivity index is 2.08. The molecular formula is C19H17Cl2NO4S. The van der Waals surface area contributed by atoms with Crippen molar-refractivity contribution in [3.05, 3.63) is 75.8 Å². The Hall–Kier alpha value is -1.86. The predicted molar refractivity (Wildman–Crippen MR) is 104 cm³/mol. The molecule has 0 spiro atoms. The zero-order chi connectivity index (χ0) is 19.6. The lowest BCUT2D eigenvalue weighted by Crippen LogP contribution is -2.33. The molecule has 1 aliphatic rings. The van der Waals surface area contributed by atoms with Crippen LogP contribution < -0.4 is 0 Å². The summed E-state index contributed by atoms with van der Waals surface area (Å²) >= 11 is 12.1. The van der Waals surface area contributed by atoms with Crippen LogP contribution in [-0.4, -0.2) is 31.8 Å². The van der Waals surface area contributed by atoms with E-state index in [0.29, 0.717) is 10.6 Å². The molecule has 1 unspecified atom stereocenters. The molecule has 1 atom stereocenters. The van der Waals surface area contributed by atoms with Crippen LogP contribution in [0, 0.1) is 0 Å². The van der Waals surface area contributed by atoms with Gasteiger partial charge in [-0.25, -0.2) is 13.2 Å². The molecule has 0 amide bonds. The van der Waals surface area contributed by atoms with E-state index < -0.39 is 22.0 Å². The average Bonchev–Trinajstić information content (AvgIpc) is 3.09. The van der Waals surface area contributed by atoms with Crippen molar-refractivity contribution >= 4 is 39.2 Å². The molecule has 2 aromatic carbocycles. The molecule has 142 valence electrons. The van der Waals surface area contributed by atoms with E-state index in [1.807, 2.05) is 0 Å². The molecule has 0 N–H and O–H groups in total. The second kappa shape index (κ2) is 8.02. The maximum atomic E-state index is 13.3. The zero-order valence-electron chi connectivity index (χ0n) is 14.4. The number of benzene rings is 2. The van der Waals surface area contributed by atoms with Crippen molar-refractivity contribution in [2.75, 3.05) is 13.2 Å². The van der Waals surface area contributed by atoms with Crippen LogP contribution in [-0.2, 0) is 19.6 Å². The zero-order valence-corrected chi connectivity index (χ0v) is 16.8. The van der Waals surface area contributed by atoms with Gasteiger partial charge in [0.1, 0.15) is 4.90 Å². The SMILES string of the molecule is CCOC(=O)C1=CCN(S(=O)(=O)c2ccccc2Cl)C1c1ccc(Cl)cc1. The van der Waals surface area contributed by atoms with Crippen molar-refractivity contribution in [1.29, 1.82) is 0 Å². The normalized spacial score (nSPS) is 17.6. The Morgan fingerprint density at radius 3 is 2.44 bits per heavy atom. The van der Waals surface area contributed by atoms with Crippen molar-refractivity contribution in [2.45, 2.75) is 17.9 Å².